The quantitative estimate of drug-likeness (QED) is 0.858. The van der Waals surface area contributed by atoms with Crippen LogP contribution in [0.25, 0.3) is 0 Å². The van der Waals surface area contributed by atoms with Gasteiger partial charge < -0.3 is 19.8 Å². The van der Waals surface area contributed by atoms with Gasteiger partial charge in [-0.15, -0.1) is 0 Å². The first-order valence-corrected chi connectivity index (χ1v) is 8.54. The molecule has 2 aliphatic heterocycles. The van der Waals surface area contributed by atoms with Crippen molar-refractivity contribution in [1.82, 2.24) is 14.7 Å². The van der Waals surface area contributed by atoms with Crippen molar-refractivity contribution < 1.29 is 9.90 Å². The number of hydrogen-bond acceptors (Lipinski definition) is 3. The van der Waals surface area contributed by atoms with Gasteiger partial charge >= 0.3 is 6.03 Å². The van der Waals surface area contributed by atoms with Gasteiger partial charge in [0.2, 0.25) is 0 Å². The molecule has 0 radical (unpaired) electrons. The number of β-amino-alcohol motifs (C(OH)–C–C–N with tert-alkyl or cyclic N) is 1. The van der Waals surface area contributed by atoms with Crippen LogP contribution in [0.15, 0.2) is 0 Å². The van der Waals surface area contributed by atoms with E-state index in [0.29, 0.717) is 6.04 Å². The summed E-state index contributed by atoms with van der Waals surface area (Å²) in [6, 6.07) is 0.596. The molecule has 1 N–H and O–H groups in total. The van der Waals surface area contributed by atoms with Gasteiger partial charge in [0.25, 0.3) is 0 Å². The predicted octanol–water partition coefficient (Wildman–Crippen LogP) is 1.51. The van der Waals surface area contributed by atoms with Gasteiger partial charge in [-0.2, -0.15) is 0 Å². The Hall–Kier alpha value is -0.810. The molecular formula is C16H29N3O2. The van der Waals surface area contributed by atoms with Crippen molar-refractivity contribution in [3.8, 4) is 0 Å². The Labute approximate surface area is 127 Å². The molecule has 1 saturated carbocycles. The van der Waals surface area contributed by atoms with Crippen LogP contribution in [0.3, 0.4) is 0 Å². The van der Waals surface area contributed by atoms with Gasteiger partial charge in [-0.3, -0.25) is 0 Å². The molecule has 0 atom stereocenters. The second-order valence-corrected chi connectivity index (χ2v) is 7.19. The minimum atomic E-state index is -0.450. The number of nitrogens with zero attached hydrogens (tertiary/aromatic N) is 3. The topological polar surface area (TPSA) is 47.0 Å². The van der Waals surface area contributed by atoms with Crippen molar-refractivity contribution in [1.29, 1.82) is 0 Å². The fraction of sp³-hybridized carbons (Fsp3) is 0.938. The van der Waals surface area contributed by atoms with Crippen molar-refractivity contribution >= 4 is 6.03 Å². The number of piperidine rings is 1. The predicted molar refractivity (Wildman–Crippen MR) is 82.2 cm³/mol. The maximum Gasteiger partial charge on any atom is 0.320 e. The molecule has 0 aromatic carbocycles. The minimum absolute atomic E-state index is 0.194. The molecule has 2 saturated heterocycles. The molecule has 0 aromatic heterocycles. The molecule has 21 heavy (non-hydrogen) atoms. The first-order valence-electron chi connectivity index (χ1n) is 8.54. The van der Waals surface area contributed by atoms with E-state index in [2.05, 4.69) is 4.90 Å². The standard InChI is InChI=1S/C16H29N3O2/c1-17-11-12-19(15(17)20)14-5-9-18(10-6-14)13-16(21)7-3-2-4-8-16/h14,21H,2-13H2,1H3. The number of carbonyl (C=O) groups excluding carboxylic acids is 1. The van der Waals surface area contributed by atoms with Crippen LogP contribution in [0.5, 0.6) is 0 Å². The number of hydrogen-bond donors (Lipinski definition) is 1. The van der Waals surface area contributed by atoms with Gasteiger partial charge in [-0.05, 0) is 25.7 Å². The second-order valence-electron chi connectivity index (χ2n) is 7.19. The van der Waals surface area contributed by atoms with Gasteiger partial charge in [0.15, 0.2) is 0 Å². The van der Waals surface area contributed by atoms with Crippen LogP contribution >= 0.6 is 0 Å². The summed E-state index contributed by atoms with van der Waals surface area (Å²) in [5, 5.41) is 10.7. The van der Waals surface area contributed by atoms with Gasteiger partial charge in [0.05, 0.1) is 5.60 Å². The normalized spacial score (nSPS) is 28.4. The summed E-state index contributed by atoms with van der Waals surface area (Å²) in [6.07, 6.45) is 7.63. The third-order valence-electron chi connectivity index (χ3n) is 5.55. The van der Waals surface area contributed by atoms with Gasteiger partial charge in [0.1, 0.15) is 0 Å². The van der Waals surface area contributed by atoms with E-state index in [-0.39, 0.29) is 6.03 Å². The van der Waals surface area contributed by atoms with Crippen molar-refractivity contribution in [2.45, 2.75) is 56.6 Å². The molecule has 1 aliphatic carbocycles. The molecule has 120 valence electrons. The molecule has 2 heterocycles. The van der Waals surface area contributed by atoms with Gasteiger partial charge in [0, 0.05) is 45.8 Å². The summed E-state index contributed by atoms with van der Waals surface area (Å²) in [7, 11) is 1.88. The highest BCUT2D eigenvalue weighted by Gasteiger charge is 2.36. The van der Waals surface area contributed by atoms with Crippen molar-refractivity contribution in [2.75, 3.05) is 39.8 Å². The lowest BCUT2D eigenvalue weighted by Crippen LogP contribution is -2.51. The maximum atomic E-state index is 12.1. The molecule has 0 unspecified atom stereocenters. The summed E-state index contributed by atoms with van der Waals surface area (Å²) in [4.78, 5) is 18.3. The summed E-state index contributed by atoms with van der Waals surface area (Å²) in [6.45, 7) is 4.59. The molecule has 0 spiro atoms. The Kier molecular flexibility index (Phi) is 4.41. The highest BCUT2D eigenvalue weighted by atomic mass is 16.3. The highest BCUT2D eigenvalue weighted by Crippen LogP contribution is 2.30. The molecular weight excluding hydrogens is 266 g/mol. The molecule has 0 aromatic rings. The fourth-order valence-corrected chi connectivity index (χ4v) is 4.18. The summed E-state index contributed by atoms with van der Waals surface area (Å²) in [5.41, 5.74) is -0.450. The summed E-state index contributed by atoms with van der Waals surface area (Å²) >= 11 is 0. The SMILES string of the molecule is CN1CCN(C2CCN(CC3(O)CCCCC3)CC2)C1=O. The molecule has 5 heteroatoms. The zero-order valence-electron chi connectivity index (χ0n) is 13.3. The van der Waals surface area contributed by atoms with Crippen LogP contribution in [0.4, 0.5) is 4.79 Å². The molecule has 3 rings (SSSR count). The van der Waals surface area contributed by atoms with E-state index in [1.807, 2.05) is 16.8 Å². The third kappa shape index (κ3) is 3.34. The van der Waals surface area contributed by atoms with E-state index >= 15 is 0 Å². The number of rotatable bonds is 3. The zero-order chi connectivity index (χ0) is 14.9. The first-order chi connectivity index (χ1) is 10.1. The van der Waals surface area contributed by atoms with Crippen molar-refractivity contribution in [3.05, 3.63) is 0 Å². The Bertz CT molecular complexity index is 374. The number of urea groups is 1. The largest absolute Gasteiger partial charge is 0.389 e. The van der Waals surface area contributed by atoms with Gasteiger partial charge in [-0.25, -0.2) is 4.79 Å². The van der Waals surface area contributed by atoms with Crippen molar-refractivity contribution in [3.63, 3.8) is 0 Å². The minimum Gasteiger partial charge on any atom is -0.389 e. The smallest absolute Gasteiger partial charge is 0.320 e. The van der Waals surface area contributed by atoms with E-state index in [9.17, 15) is 9.90 Å². The van der Waals surface area contributed by atoms with Crippen LogP contribution in [0.2, 0.25) is 0 Å². The number of amides is 2. The number of likely N-dealkylation sites (N-methyl/N-ethyl adjacent to an activating group) is 1. The average Bonchev–Trinajstić information content (AvgIpc) is 2.80. The molecule has 2 amide bonds. The van der Waals surface area contributed by atoms with Crippen LogP contribution in [-0.2, 0) is 0 Å². The number of likely N-dealkylation sites (tertiary alicyclic amines) is 1. The monoisotopic (exact) mass is 295 g/mol. The second kappa shape index (κ2) is 6.13. The Balaban J connectivity index is 1.48. The summed E-state index contributed by atoms with van der Waals surface area (Å²) < 4.78 is 0. The first kappa shape index (κ1) is 15.1. The van der Waals surface area contributed by atoms with Crippen molar-refractivity contribution in [2.24, 2.45) is 0 Å². The lowest BCUT2D eigenvalue weighted by atomic mass is 9.84. The van der Waals surface area contributed by atoms with Crippen LogP contribution < -0.4 is 0 Å². The van der Waals surface area contributed by atoms with E-state index < -0.39 is 5.60 Å². The molecule has 0 bridgehead atoms. The molecule has 3 aliphatic rings. The van der Waals surface area contributed by atoms with Crippen LogP contribution in [-0.4, -0.2) is 77.3 Å². The Morgan fingerprint density at radius 2 is 1.76 bits per heavy atom. The maximum absolute atomic E-state index is 12.1. The number of carbonyl (C=O) groups is 1. The lowest BCUT2D eigenvalue weighted by molar-refractivity contribution is -0.0335. The number of aliphatic hydroxyl groups is 1. The third-order valence-corrected chi connectivity index (χ3v) is 5.55. The van der Waals surface area contributed by atoms with Crippen LogP contribution in [0.1, 0.15) is 44.9 Å². The van der Waals surface area contributed by atoms with E-state index in [0.717, 1.165) is 58.4 Å². The van der Waals surface area contributed by atoms with E-state index in [4.69, 9.17) is 0 Å². The van der Waals surface area contributed by atoms with Gasteiger partial charge in [-0.1, -0.05) is 19.3 Å². The van der Waals surface area contributed by atoms with Crippen LogP contribution in [0, 0.1) is 0 Å². The molecule has 5 nitrogen and oxygen atoms in total. The molecule has 3 fully saturated rings. The highest BCUT2D eigenvalue weighted by molar-refractivity contribution is 5.76. The Morgan fingerprint density at radius 3 is 2.33 bits per heavy atom. The Morgan fingerprint density at radius 1 is 1.10 bits per heavy atom. The zero-order valence-corrected chi connectivity index (χ0v) is 13.3. The fourth-order valence-electron chi connectivity index (χ4n) is 4.18. The average molecular weight is 295 g/mol. The van der Waals surface area contributed by atoms with E-state index in [1.165, 1.54) is 19.3 Å². The van der Waals surface area contributed by atoms with E-state index in [1.54, 1.807) is 0 Å². The lowest BCUT2D eigenvalue weighted by Gasteiger charge is -2.41. The summed E-state index contributed by atoms with van der Waals surface area (Å²) in [5.74, 6) is 0.